The molecular formula is C29H27N3O4. The van der Waals surface area contributed by atoms with Crippen molar-refractivity contribution in [2.24, 2.45) is 0 Å². The molecular weight excluding hydrogens is 454 g/mol. The summed E-state index contributed by atoms with van der Waals surface area (Å²) in [4.78, 5) is 36.3. The fourth-order valence-electron chi connectivity index (χ4n) is 3.91. The molecule has 0 saturated heterocycles. The van der Waals surface area contributed by atoms with E-state index in [0.29, 0.717) is 24.2 Å². The second-order valence-corrected chi connectivity index (χ2v) is 8.53. The summed E-state index contributed by atoms with van der Waals surface area (Å²) in [7, 11) is 0. The Morgan fingerprint density at radius 2 is 1.53 bits per heavy atom. The lowest BCUT2D eigenvalue weighted by atomic mass is 10.1. The van der Waals surface area contributed by atoms with E-state index in [2.05, 4.69) is 10.6 Å². The Labute approximate surface area is 209 Å². The van der Waals surface area contributed by atoms with Crippen LogP contribution in [-0.2, 0) is 24.2 Å². The molecule has 182 valence electrons. The molecule has 1 aromatic heterocycles. The number of aryl methyl sites for hydroxylation is 3. The second kappa shape index (κ2) is 11.2. The van der Waals surface area contributed by atoms with Gasteiger partial charge in [0, 0.05) is 29.7 Å². The average Bonchev–Trinajstić information content (AvgIpc) is 2.86. The Balaban J connectivity index is 1.40. The summed E-state index contributed by atoms with van der Waals surface area (Å²) in [5.74, 6) is -0.861. The van der Waals surface area contributed by atoms with Gasteiger partial charge in [0.2, 0.25) is 0 Å². The molecule has 0 aliphatic carbocycles. The van der Waals surface area contributed by atoms with E-state index in [9.17, 15) is 14.4 Å². The topological polar surface area (TPSA) is 100 Å². The number of hydrogen-bond acceptors (Lipinski definition) is 3. The number of aromatic nitrogens is 1. The minimum Gasteiger partial charge on any atom is -0.481 e. The van der Waals surface area contributed by atoms with Crippen molar-refractivity contribution in [1.29, 1.82) is 0 Å². The van der Waals surface area contributed by atoms with Crippen LogP contribution in [0.15, 0.2) is 95.9 Å². The number of nitrogens with one attached hydrogen (secondary N) is 2. The van der Waals surface area contributed by atoms with E-state index < -0.39 is 5.97 Å². The molecule has 0 aliphatic rings. The van der Waals surface area contributed by atoms with Gasteiger partial charge >= 0.3 is 12.0 Å². The number of para-hydroxylation sites is 1. The fourth-order valence-corrected chi connectivity index (χ4v) is 3.91. The van der Waals surface area contributed by atoms with Crippen LogP contribution in [-0.4, -0.2) is 21.7 Å². The van der Waals surface area contributed by atoms with E-state index >= 15 is 0 Å². The first-order valence-corrected chi connectivity index (χ1v) is 11.6. The van der Waals surface area contributed by atoms with Gasteiger partial charge in [-0.05, 0) is 65.9 Å². The second-order valence-electron chi connectivity index (χ2n) is 8.53. The maximum Gasteiger partial charge on any atom is 0.323 e. The molecule has 0 aliphatic heterocycles. The highest BCUT2D eigenvalue weighted by atomic mass is 16.4. The van der Waals surface area contributed by atoms with Gasteiger partial charge in [-0.2, -0.15) is 0 Å². The summed E-state index contributed by atoms with van der Waals surface area (Å²) in [6.07, 6.45) is 2.40. The smallest absolute Gasteiger partial charge is 0.323 e. The minimum absolute atomic E-state index is 0.00649. The zero-order valence-corrected chi connectivity index (χ0v) is 19.9. The lowest BCUT2D eigenvalue weighted by molar-refractivity contribution is -0.136. The van der Waals surface area contributed by atoms with Crippen molar-refractivity contribution in [3.63, 3.8) is 0 Å². The maximum absolute atomic E-state index is 13.1. The molecule has 0 fully saturated rings. The molecule has 4 rings (SSSR count). The highest BCUT2D eigenvalue weighted by Crippen LogP contribution is 2.19. The molecule has 0 spiro atoms. The van der Waals surface area contributed by atoms with Gasteiger partial charge in [0.05, 0.1) is 6.42 Å². The molecule has 0 bridgehead atoms. The number of urea groups is 1. The Morgan fingerprint density at radius 3 is 2.22 bits per heavy atom. The monoisotopic (exact) mass is 481 g/mol. The van der Waals surface area contributed by atoms with Crippen molar-refractivity contribution in [1.82, 2.24) is 4.57 Å². The Morgan fingerprint density at radius 1 is 0.833 bits per heavy atom. The van der Waals surface area contributed by atoms with Gasteiger partial charge in [-0.25, -0.2) is 4.79 Å². The first kappa shape index (κ1) is 24.5. The Kier molecular flexibility index (Phi) is 7.60. The van der Waals surface area contributed by atoms with Crippen LogP contribution >= 0.6 is 0 Å². The SMILES string of the molecule is Cc1ccccc1NC(=O)Nc1ccc(-c2cccn(CCc3ccc(CC(=O)O)cc3)c2=O)cc1. The lowest BCUT2D eigenvalue weighted by Gasteiger charge is -2.11. The van der Waals surface area contributed by atoms with Crippen LogP contribution in [0.2, 0.25) is 0 Å². The molecule has 3 N–H and O–H groups in total. The number of aliphatic carboxylic acids is 1. The number of carboxylic acid groups (broad SMARTS) is 1. The minimum atomic E-state index is -0.861. The Bertz CT molecular complexity index is 1420. The van der Waals surface area contributed by atoms with Crippen molar-refractivity contribution in [2.75, 3.05) is 10.6 Å². The summed E-state index contributed by atoms with van der Waals surface area (Å²) in [6.45, 7) is 2.43. The van der Waals surface area contributed by atoms with Crippen molar-refractivity contribution in [3.05, 3.63) is 118 Å². The van der Waals surface area contributed by atoms with Gasteiger partial charge in [-0.3, -0.25) is 9.59 Å². The van der Waals surface area contributed by atoms with Crippen LogP contribution in [0.3, 0.4) is 0 Å². The van der Waals surface area contributed by atoms with E-state index in [1.165, 1.54) is 0 Å². The van der Waals surface area contributed by atoms with Gasteiger partial charge < -0.3 is 20.3 Å². The standard InChI is InChI=1S/C29H27N3O4/c1-20-5-2-3-7-26(20)31-29(36)30-24-14-12-23(13-15-24)25-6-4-17-32(28(25)35)18-16-21-8-10-22(11-9-21)19-27(33)34/h2-15,17H,16,18-19H2,1H3,(H,33,34)(H2,30,31,36). The maximum atomic E-state index is 13.1. The highest BCUT2D eigenvalue weighted by Gasteiger charge is 2.09. The summed E-state index contributed by atoms with van der Waals surface area (Å²) in [5.41, 5.74) is 5.34. The molecule has 3 aromatic carbocycles. The lowest BCUT2D eigenvalue weighted by Crippen LogP contribution is -2.22. The number of hydrogen-bond donors (Lipinski definition) is 3. The number of carbonyl (C=O) groups is 2. The van der Waals surface area contributed by atoms with Crippen LogP contribution in [0, 0.1) is 6.92 Å². The number of carbonyl (C=O) groups excluding carboxylic acids is 1. The van der Waals surface area contributed by atoms with E-state index in [0.717, 1.165) is 27.9 Å². The van der Waals surface area contributed by atoms with E-state index in [4.69, 9.17) is 5.11 Å². The zero-order chi connectivity index (χ0) is 25.5. The molecule has 1 heterocycles. The number of nitrogens with zero attached hydrogens (tertiary/aromatic N) is 1. The van der Waals surface area contributed by atoms with Gasteiger partial charge in [0.15, 0.2) is 0 Å². The van der Waals surface area contributed by atoms with Crippen LogP contribution in [0.5, 0.6) is 0 Å². The highest BCUT2D eigenvalue weighted by molar-refractivity contribution is 6.00. The third-order valence-electron chi connectivity index (χ3n) is 5.89. The normalized spacial score (nSPS) is 10.6. The number of anilines is 2. The molecule has 0 atom stereocenters. The van der Waals surface area contributed by atoms with Crippen LogP contribution in [0.1, 0.15) is 16.7 Å². The Hall–Kier alpha value is -4.65. The molecule has 7 nitrogen and oxygen atoms in total. The molecule has 4 aromatic rings. The van der Waals surface area contributed by atoms with Gasteiger partial charge in [0.25, 0.3) is 5.56 Å². The number of rotatable bonds is 8. The van der Waals surface area contributed by atoms with Crippen molar-refractivity contribution >= 4 is 23.4 Å². The van der Waals surface area contributed by atoms with Gasteiger partial charge in [0.1, 0.15) is 0 Å². The zero-order valence-electron chi connectivity index (χ0n) is 19.9. The predicted octanol–water partition coefficient (Wildman–Crippen LogP) is 5.34. The summed E-state index contributed by atoms with van der Waals surface area (Å²) in [5, 5.41) is 14.5. The first-order chi connectivity index (χ1) is 17.4. The van der Waals surface area contributed by atoms with E-state index in [-0.39, 0.29) is 18.0 Å². The summed E-state index contributed by atoms with van der Waals surface area (Å²) >= 11 is 0. The fraction of sp³-hybridized carbons (Fsp3) is 0.138. The van der Waals surface area contributed by atoms with Crippen molar-refractivity contribution < 1.29 is 14.7 Å². The van der Waals surface area contributed by atoms with E-state index in [1.807, 2.05) is 61.5 Å². The molecule has 0 saturated carbocycles. The van der Waals surface area contributed by atoms with Crippen LogP contribution in [0.25, 0.3) is 11.1 Å². The molecule has 0 radical (unpaired) electrons. The summed E-state index contributed by atoms with van der Waals surface area (Å²) in [6, 6.07) is 25.4. The third-order valence-corrected chi connectivity index (χ3v) is 5.89. The quantitative estimate of drug-likeness (QED) is 0.316. The van der Waals surface area contributed by atoms with Crippen molar-refractivity contribution in [2.45, 2.75) is 26.3 Å². The molecule has 36 heavy (non-hydrogen) atoms. The van der Waals surface area contributed by atoms with Crippen LogP contribution < -0.4 is 16.2 Å². The number of carboxylic acids is 1. The third kappa shape index (κ3) is 6.27. The largest absolute Gasteiger partial charge is 0.481 e. The molecule has 0 unspecified atom stereocenters. The number of benzene rings is 3. The molecule has 2 amide bonds. The van der Waals surface area contributed by atoms with Gasteiger partial charge in [-0.15, -0.1) is 0 Å². The number of pyridine rings is 1. The van der Waals surface area contributed by atoms with E-state index in [1.54, 1.807) is 41.1 Å². The first-order valence-electron chi connectivity index (χ1n) is 11.6. The summed E-state index contributed by atoms with van der Waals surface area (Å²) < 4.78 is 1.67. The van der Waals surface area contributed by atoms with Crippen LogP contribution in [0.4, 0.5) is 16.2 Å². The van der Waals surface area contributed by atoms with Gasteiger partial charge in [-0.1, -0.05) is 54.6 Å². The molecule has 7 heteroatoms. The number of amides is 2. The average molecular weight is 482 g/mol. The van der Waals surface area contributed by atoms with Crippen molar-refractivity contribution in [3.8, 4) is 11.1 Å². The predicted molar refractivity (Wildman–Crippen MR) is 141 cm³/mol.